The van der Waals surface area contributed by atoms with E-state index in [2.05, 4.69) is 28.2 Å². The van der Waals surface area contributed by atoms with Crippen molar-refractivity contribution in [2.45, 2.75) is 33.4 Å². The number of nitrogens with one attached hydrogen (secondary N) is 1. The summed E-state index contributed by atoms with van der Waals surface area (Å²) in [5.74, 6) is 1.74. The van der Waals surface area contributed by atoms with Gasteiger partial charge in [0.25, 0.3) is 0 Å². The summed E-state index contributed by atoms with van der Waals surface area (Å²) in [5.41, 5.74) is 2.25. The van der Waals surface area contributed by atoms with Gasteiger partial charge in [-0.05, 0) is 38.5 Å². The number of hydrogen-bond acceptors (Lipinski definition) is 4. The molecule has 0 bridgehead atoms. The minimum atomic E-state index is -0.00747. The standard InChI is InChI=1S/C19H26N4O2/c1-14-11-18(16(3)25-14)13-21-19(24)23-9-7-22(8-10-23)15(2)17-5-4-6-20-12-17/h4-6,11-12,15H,7-10,13H2,1-3H3,(H,21,24)/t15-/m0/s1. The van der Waals surface area contributed by atoms with Crippen LogP contribution in [0.2, 0.25) is 0 Å². The highest BCUT2D eigenvalue weighted by Gasteiger charge is 2.24. The van der Waals surface area contributed by atoms with E-state index in [1.165, 1.54) is 5.56 Å². The zero-order valence-corrected chi connectivity index (χ0v) is 15.2. The van der Waals surface area contributed by atoms with Gasteiger partial charge < -0.3 is 14.6 Å². The van der Waals surface area contributed by atoms with E-state index in [-0.39, 0.29) is 6.03 Å². The Bertz CT molecular complexity index is 705. The molecule has 1 aliphatic rings. The highest BCUT2D eigenvalue weighted by atomic mass is 16.3. The normalized spacial score (nSPS) is 16.7. The van der Waals surface area contributed by atoms with Gasteiger partial charge in [0.05, 0.1) is 0 Å². The highest BCUT2D eigenvalue weighted by molar-refractivity contribution is 5.74. The molecule has 1 N–H and O–H groups in total. The van der Waals surface area contributed by atoms with Crippen molar-refractivity contribution in [3.8, 4) is 0 Å². The van der Waals surface area contributed by atoms with Gasteiger partial charge >= 0.3 is 6.03 Å². The van der Waals surface area contributed by atoms with E-state index >= 15 is 0 Å². The van der Waals surface area contributed by atoms with Gasteiger partial charge in [0, 0.05) is 56.7 Å². The van der Waals surface area contributed by atoms with Crippen molar-refractivity contribution < 1.29 is 9.21 Å². The van der Waals surface area contributed by atoms with E-state index < -0.39 is 0 Å². The number of pyridine rings is 1. The average Bonchev–Trinajstić information content (AvgIpc) is 2.97. The molecule has 0 spiro atoms. The summed E-state index contributed by atoms with van der Waals surface area (Å²) in [4.78, 5) is 20.9. The number of hydrogen-bond donors (Lipinski definition) is 1. The largest absolute Gasteiger partial charge is 0.466 e. The molecule has 1 fully saturated rings. The molecule has 2 aromatic heterocycles. The third-order valence-corrected chi connectivity index (χ3v) is 4.89. The fourth-order valence-corrected chi connectivity index (χ4v) is 3.29. The van der Waals surface area contributed by atoms with Crippen LogP contribution >= 0.6 is 0 Å². The van der Waals surface area contributed by atoms with E-state index in [0.717, 1.165) is 43.3 Å². The zero-order chi connectivity index (χ0) is 17.8. The third-order valence-electron chi connectivity index (χ3n) is 4.89. The first kappa shape index (κ1) is 17.5. The second-order valence-electron chi connectivity index (χ2n) is 6.58. The molecule has 1 saturated heterocycles. The number of rotatable bonds is 4. The monoisotopic (exact) mass is 342 g/mol. The summed E-state index contributed by atoms with van der Waals surface area (Å²) in [6.45, 7) is 9.75. The maximum absolute atomic E-state index is 12.4. The lowest BCUT2D eigenvalue weighted by atomic mass is 10.1. The van der Waals surface area contributed by atoms with Gasteiger partial charge in [0.15, 0.2) is 0 Å². The van der Waals surface area contributed by atoms with Crippen molar-refractivity contribution in [2.24, 2.45) is 0 Å². The van der Waals surface area contributed by atoms with Crippen LogP contribution in [-0.2, 0) is 6.54 Å². The minimum Gasteiger partial charge on any atom is -0.466 e. The lowest BCUT2D eigenvalue weighted by Crippen LogP contribution is -2.52. The van der Waals surface area contributed by atoms with Gasteiger partial charge in [-0.15, -0.1) is 0 Å². The smallest absolute Gasteiger partial charge is 0.317 e. The second kappa shape index (κ2) is 7.70. The number of piperazine rings is 1. The fraction of sp³-hybridized carbons (Fsp3) is 0.474. The Morgan fingerprint density at radius 3 is 2.68 bits per heavy atom. The van der Waals surface area contributed by atoms with Crippen LogP contribution in [-0.4, -0.2) is 47.0 Å². The quantitative estimate of drug-likeness (QED) is 0.928. The highest BCUT2D eigenvalue weighted by Crippen LogP contribution is 2.20. The SMILES string of the molecule is Cc1cc(CNC(=O)N2CCN([C@@H](C)c3cccnc3)CC2)c(C)o1. The minimum absolute atomic E-state index is 0.00747. The van der Waals surface area contributed by atoms with Crippen LogP contribution < -0.4 is 5.32 Å². The molecule has 0 unspecified atom stereocenters. The number of amides is 2. The molecule has 0 radical (unpaired) electrons. The van der Waals surface area contributed by atoms with E-state index in [4.69, 9.17) is 4.42 Å². The van der Waals surface area contributed by atoms with Crippen LogP contribution in [0, 0.1) is 13.8 Å². The number of furan rings is 1. The molecule has 25 heavy (non-hydrogen) atoms. The van der Waals surface area contributed by atoms with E-state index in [0.29, 0.717) is 12.6 Å². The van der Waals surface area contributed by atoms with Crippen molar-refractivity contribution >= 4 is 6.03 Å². The van der Waals surface area contributed by atoms with Gasteiger partial charge in [-0.3, -0.25) is 9.88 Å². The topological polar surface area (TPSA) is 61.6 Å². The van der Waals surface area contributed by atoms with Crippen molar-refractivity contribution in [3.63, 3.8) is 0 Å². The molecule has 3 rings (SSSR count). The third kappa shape index (κ3) is 4.20. The van der Waals surface area contributed by atoms with Crippen molar-refractivity contribution in [1.82, 2.24) is 20.1 Å². The summed E-state index contributed by atoms with van der Waals surface area (Å²) in [6.07, 6.45) is 3.71. The molecular weight excluding hydrogens is 316 g/mol. The van der Waals surface area contributed by atoms with Gasteiger partial charge in [-0.2, -0.15) is 0 Å². The zero-order valence-electron chi connectivity index (χ0n) is 15.2. The first-order valence-corrected chi connectivity index (χ1v) is 8.77. The molecule has 1 aliphatic heterocycles. The second-order valence-corrected chi connectivity index (χ2v) is 6.58. The summed E-state index contributed by atoms with van der Waals surface area (Å²) in [5, 5.41) is 3.00. The number of nitrogens with zero attached hydrogens (tertiary/aromatic N) is 3. The van der Waals surface area contributed by atoms with Crippen LogP contribution in [0.5, 0.6) is 0 Å². The van der Waals surface area contributed by atoms with Gasteiger partial charge in [0.1, 0.15) is 11.5 Å². The number of aryl methyl sites for hydroxylation is 2. The van der Waals surface area contributed by atoms with Crippen molar-refractivity contribution in [3.05, 3.63) is 53.2 Å². The van der Waals surface area contributed by atoms with Crippen LogP contribution in [0.25, 0.3) is 0 Å². The number of carbonyl (C=O) groups is 1. The molecule has 134 valence electrons. The van der Waals surface area contributed by atoms with Crippen LogP contribution in [0.3, 0.4) is 0 Å². The molecule has 6 heteroatoms. The summed E-state index contributed by atoms with van der Waals surface area (Å²) >= 11 is 0. The number of carbonyl (C=O) groups excluding carboxylic acids is 1. The first-order chi connectivity index (χ1) is 12.0. The number of aromatic nitrogens is 1. The predicted molar refractivity (Wildman–Crippen MR) is 96.2 cm³/mol. The predicted octanol–water partition coefficient (Wildman–Crippen LogP) is 2.88. The van der Waals surface area contributed by atoms with Crippen LogP contribution in [0.15, 0.2) is 35.0 Å². The maximum atomic E-state index is 12.4. The Labute approximate surface area is 148 Å². The molecule has 3 heterocycles. The average molecular weight is 342 g/mol. The fourth-order valence-electron chi connectivity index (χ4n) is 3.29. The van der Waals surface area contributed by atoms with Crippen LogP contribution in [0.1, 0.15) is 35.6 Å². The van der Waals surface area contributed by atoms with Crippen molar-refractivity contribution in [1.29, 1.82) is 0 Å². The molecule has 0 saturated carbocycles. The molecular formula is C19H26N4O2. The Hall–Kier alpha value is -2.34. The Morgan fingerprint density at radius 1 is 1.32 bits per heavy atom. The van der Waals surface area contributed by atoms with E-state index in [1.807, 2.05) is 37.1 Å². The Balaban J connectivity index is 1.48. The summed E-state index contributed by atoms with van der Waals surface area (Å²) in [6, 6.07) is 6.35. The van der Waals surface area contributed by atoms with Gasteiger partial charge in [-0.1, -0.05) is 6.07 Å². The molecule has 0 aromatic carbocycles. The molecule has 0 aliphatic carbocycles. The molecule has 1 atom stereocenters. The van der Waals surface area contributed by atoms with Crippen LogP contribution in [0.4, 0.5) is 4.79 Å². The van der Waals surface area contributed by atoms with E-state index in [1.54, 1.807) is 6.20 Å². The maximum Gasteiger partial charge on any atom is 0.317 e. The lowest BCUT2D eigenvalue weighted by molar-refractivity contribution is 0.113. The Kier molecular flexibility index (Phi) is 5.38. The molecule has 2 amide bonds. The lowest BCUT2D eigenvalue weighted by Gasteiger charge is -2.38. The number of urea groups is 1. The first-order valence-electron chi connectivity index (χ1n) is 8.77. The Morgan fingerprint density at radius 2 is 2.08 bits per heavy atom. The van der Waals surface area contributed by atoms with Crippen molar-refractivity contribution in [2.75, 3.05) is 26.2 Å². The summed E-state index contributed by atoms with van der Waals surface area (Å²) in [7, 11) is 0. The van der Waals surface area contributed by atoms with Gasteiger partial charge in [0.2, 0.25) is 0 Å². The molecule has 6 nitrogen and oxygen atoms in total. The summed E-state index contributed by atoms with van der Waals surface area (Å²) < 4.78 is 5.50. The van der Waals surface area contributed by atoms with E-state index in [9.17, 15) is 4.79 Å². The molecule has 2 aromatic rings. The van der Waals surface area contributed by atoms with Gasteiger partial charge in [-0.25, -0.2) is 4.79 Å².